The Morgan fingerprint density at radius 3 is 2.81 bits per heavy atom. The molecule has 11 nitrogen and oxygen atoms in total. The van der Waals surface area contributed by atoms with Crippen LogP contribution in [0.25, 0.3) is 11.2 Å². The number of benzene rings is 1. The molecule has 0 saturated carbocycles. The Labute approximate surface area is 192 Å². The summed E-state index contributed by atoms with van der Waals surface area (Å²) in [6.07, 6.45) is -1.35. The summed E-state index contributed by atoms with van der Waals surface area (Å²) in [4.78, 5) is 30.6. The average molecular weight is 504 g/mol. The smallest absolute Gasteiger partial charge is 0.350 e. The lowest BCUT2D eigenvalue weighted by Gasteiger charge is -2.17. The van der Waals surface area contributed by atoms with Gasteiger partial charge in [-0.25, -0.2) is 4.98 Å². The first-order chi connectivity index (χ1) is 15.2. The number of anilines is 1. The lowest BCUT2D eigenvalue weighted by Crippen LogP contribution is -2.19. The van der Waals surface area contributed by atoms with Crippen LogP contribution in [0, 0.1) is 0 Å². The van der Waals surface area contributed by atoms with Gasteiger partial charge >= 0.3 is 7.60 Å². The Kier molecular flexibility index (Phi) is 6.99. The normalized spacial score (nSPS) is 21.3. The maximum atomic E-state index is 10.9. The number of aromatic nitrogens is 4. The molecular weight excluding hydrogens is 484 g/mol. The van der Waals surface area contributed by atoms with Crippen LogP contribution in [-0.4, -0.2) is 59.6 Å². The number of hydrogen-bond donors (Lipinski definition) is 4. The highest BCUT2D eigenvalue weighted by Crippen LogP contribution is 2.36. The van der Waals surface area contributed by atoms with Crippen molar-refractivity contribution in [2.45, 2.75) is 31.4 Å². The zero-order valence-electron chi connectivity index (χ0n) is 16.5. The van der Waals surface area contributed by atoms with Gasteiger partial charge in [0.05, 0.1) is 19.0 Å². The zero-order chi connectivity index (χ0) is 22.9. The van der Waals surface area contributed by atoms with Gasteiger partial charge in [-0.3, -0.25) is 9.13 Å². The third-order valence-electron chi connectivity index (χ3n) is 4.80. The number of fused-ring (bicyclic) bond motifs is 1. The Morgan fingerprint density at radius 2 is 2.06 bits per heavy atom. The average Bonchev–Trinajstić information content (AvgIpc) is 3.29. The van der Waals surface area contributed by atoms with Gasteiger partial charge in [-0.05, 0) is 23.2 Å². The van der Waals surface area contributed by atoms with Gasteiger partial charge in [-0.2, -0.15) is 9.97 Å². The van der Waals surface area contributed by atoms with Crippen LogP contribution in [0.5, 0.6) is 0 Å². The number of ether oxygens (including phenoxy) is 2. The van der Waals surface area contributed by atoms with Gasteiger partial charge in [-0.1, -0.05) is 29.8 Å². The van der Waals surface area contributed by atoms with E-state index in [1.165, 1.54) is 10.9 Å². The van der Waals surface area contributed by atoms with Crippen LogP contribution in [0.1, 0.15) is 18.2 Å². The summed E-state index contributed by atoms with van der Waals surface area (Å²) in [5, 5.41) is 14.2. The second-order valence-corrected chi connectivity index (χ2v) is 9.56. The molecule has 3 heterocycles. The predicted molar refractivity (Wildman–Crippen MR) is 117 cm³/mol. The van der Waals surface area contributed by atoms with Gasteiger partial charge in [0.2, 0.25) is 5.28 Å². The third-order valence-corrected chi connectivity index (χ3v) is 5.86. The molecule has 1 aliphatic rings. The van der Waals surface area contributed by atoms with Crippen LogP contribution in [-0.2, 0) is 20.6 Å². The molecule has 1 saturated heterocycles. The zero-order valence-corrected chi connectivity index (χ0v) is 18.9. The Balaban J connectivity index is 1.52. The number of aliphatic hydroxyl groups excluding tert-OH is 1. The van der Waals surface area contributed by atoms with Crippen LogP contribution in [0.2, 0.25) is 10.3 Å². The van der Waals surface area contributed by atoms with Crippen molar-refractivity contribution in [3.8, 4) is 0 Å². The fourth-order valence-electron chi connectivity index (χ4n) is 3.41. The number of nitrogens with zero attached hydrogens (tertiary/aromatic N) is 4. The molecule has 0 spiro atoms. The molecule has 4 N–H and O–H groups in total. The van der Waals surface area contributed by atoms with Crippen LogP contribution in [0.3, 0.4) is 0 Å². The molecule has 2 aromatic heterocycles. The molecule has 32 heavy (non-hydrogen) atoms. The summed E-state index contributed by atoms with van der Waals surface area (Å²) >= 11 is 12.3. The molecule has 0 radical (unpaired) electrons. The summed E-state index contributed by atoms with van der Waals surface area (Å²) in [6.45, 7) is 0.308. The number of halogens is 2. The van der Waals surface area contributed by atoms with Crippen molar-refractivity contribution in [3.05, 3.63) is 46.5 Å². The molecule has 1 aromatic carbocycles. The maximum Gasteiger partial charge on any atom is 0.350 e. The fourth-order valence-corrected chi connectivity index (χ4v) is 4.12. The van der Waals surface area contributed by atoms with Gasteiger partial charge < -0.3 is 29.7 Å². The number of nitrogens with one attached hydrogen (secondary N) is 1. The number of aliphatic hydroxyl groups is 1. The molecule has 0 aliphatic carbocycles. The topological polar surface area (TPSA) is 152 Å². The lowest BCUT2D eigenvalue weighted by molar-refractivity contribution is -0.0567. The fraction of sp³-hybridized carbons (Fsp3) is 0.389. The van der Waals surface area contributed by atoms with Crippen molar-refractivity contribution in [1.29, 1.82) is 0 Å². The Morgan fingerprint density at radius 1 is 1.28 bits per heavy atom. The first-order valence-electron chi connectivity index (χ1n) is 9.54. The standard InChI is InChI=1S/C18H20Cl2N5O6P/c19-12-4-2-1-3-10(12)6-21-15-14-16(24-18(20)23-15)25(8-22-14)17-13(26)5-11(31-17)7-30-9-32(27,28)29/h1-4,8,11,13,17,26H,5-7,9H2,(H,21,23,24)(H2,27,28,29)/t11-,13+,17?/m0/s1. The number of rotatable bonds is 8. The van der Waals surface area contributed by atoms with Crippen molar-refractivity contribution < 1.29 is 28.9 Å². The van der Waals surface area contributed by atoms with Gasteiger partial charge in [0.1, 0.15) is 12.5 Å². The van der Waals surface area contributed by atoms with Gasteiger partial charge in [-0.15, -0.1) is 0 Å². The lowest BCUT2D eigenvalue weighted by atomic mass is 10.2. The molecule has 3 atom stereocenters. The largest absolute Gasteiger partial charge is 0.388 e. The van der Waals surface area contributed by atoms with E-state index in [0.29, 0.717) is 28.5 Å². The molecule has 3 aromatic rings. The molecule has 172 valence electrons. The van der Waals surface area contributed by atoms with Crippen molar-refractivity contribution in [2.75, 3.05) is 18.3 Å². The first-order valence-corrected chi connectivity index (χ1v) is 12.1. The monoisotopic (exact) mass is 503 g/mol. The SMILES string of the molecule is O=P(O)(O)COC[C@@H]1C[C@@H](O)C(n2cnc3c(NCc4ccccc4Cl)nc(Cl)nc32)O1. The van der Waals surface area contributed by atoms with Crippen LogP contribution in [0.4, 0.5) is 5.82 Å². The third kappa shape index (κ3) is 5.38. The second kappa shape index (κ2) is 9.58. The van der Waals surface area contributed by atoms with Gasteiger partial charge in [0.25, 0.3) is 0 Å². The molecule has 0 bridgehead atoms. The van der Waals surface area contributed by atoms with E-state index in [4.69, 9.17) is 42.5 Å². The quantitative estimate of drug-likeness (QED) is 0.266. The summed E-state index contributed by atoms with van der Waals surface area (Å²) in [5.74, 6) is 0.396. The van der Waals surface area contributed by atoms with Gasteiger partial charge in [0.15, 0.2) is 23.2 Å². The van der Waals surface area contributed by atoms with Crippen molar-refractivity contribution in [2.24, 2.45) is 0 Å². The Bertz CT molecular complexity index is 1160. The van der Waals surface area contributed by atoms with Crippen molar-refractivity contribution >= 4 is 47.8 Å². The first kappa shape index (κ1) is 23.3. The molecule has 14 heteroatoms. The van der Waals surface area contributed by atoms with E-state index in [-0.39, 0.29) is 18.3 Å². The predicted octanol–water partition coefficient (Wildman–Crippen LogP) is 2.55. The molecule has 0 amide bonds. The maximum absolute atomic E-state index is 10.9. The molecule has 1 aliphatic heterocycles. The molecule has 4 rings (SSSR count). The van der Waals surface area contributed by atoms with Crippen molar-refractivity contribution in [3.63, 3.8) is 0 Å². The van der Waals surface area contributed by atoms with E-state index in [0.717, 1.165) is 5.56 Å². The van der Waals surface area contributed by atoms with Crippen LogP contribution < -0.4 is 5.32 Å². The van der Waals surface area contributed by atoms with Crippen LogP contribution in [0.15, 0.2) is 30.6 Å². The van der Waals surface area contributed by atoms with Crippen LogP contribution >= 0.6 is 30.8 Å². The minimum absolute atomic E-state index is 0.0186. The minimum atomic E-state index is -4.28. The highest BCUT2D eigenvalue weighted by Gasteiger charge is 2.37. The molecular formula is C18H20Cl2N5O6P. The molecule has 1 unspecified atom stereocenters. The summed E-state index contributed by atoms with van der Waals surface area (Å²) in [7, 11) is -4.28. The second-order valence-electron chi connectivity index (χ2n) is 7.23. The van der Waals surface area contributed by atoms with Gasteiger partial charge in [0, 0.05) is 18.0 Å². The van der Waals surface area contributed by atoms with E-state index in [1.807, 2.05) is 18.2 Å². The van der Waals surface area contributed by atoms with E-state index in [2.05, 4.69) is 20.3 Å². The highest BCUT2D eigenvalue weighted by molar-refractivity contribution is 7.51. The van der Waals surface area contributed by atoms with E-state index in [1.54, 1.807) is 6.07 Å². The molecule has 1 fully saturated rings. The summed E-state index contributed by atoms with van der Waals surface area (Å²) < 4.78 is 23.3. The van der Waals surface area contributed by atoms with Crippen molar-refractivity contribution in [1.82, 2.24) is 19.5 Å². The summed E-state index contributed by atoms with van der Waals surface area (Å²) in [5.41, 5.74) is 1.65. The number of hydrogen-bond acceptors (Lipinski definition) is 8. The van der Waals surface area contributed by atoms with E-state index in [9.17, 15) is 9.67 Å². The van der Waals surface area contributed by atoms with E-state index < -0.39 is 32.4 Å². The number of imidazole rings is 1. The Hall–Kier alpha value is -1.82. The van der Waals surface area contributed by atoms with E-state index >= 15 is 0 Å². The highest BCUT2D eigenvalue weighted by atomic mass is 35.5. The summed E-state index contributed by atoms with van der Waals surface area (Å²) in [6, 6.07) is 7.38. The minimum Gasteiger partial charge on any atom is -0.388 e.